The van der Waals surface area contributed by atoms with Gasteiger partial charge in [0.1, 0.15) is 12.6 Å². The minimum Gasteiger partial charge on any atom is -0.465 e. The first-order valence-corrected chi connectivity index (χ1v) is 10.7. The highest BCUT2D eigenvalue weighted by Crippen LogP contribution is 2.44. The number of urea groups is 1. The number of rotatable bonds is 5. The molecule has 11 heteroatoms. The van der Waals surface area contributed by atoms with Crippen molar-refractivity contribution in [1.29, 1.82) is 0 Å². The second-order valence-corrected chi connectivity index (χ2v) is 9.08. The second-order valence-electron chi connectivity index (χ2n) is 9.08. The monoisotopic (exact) mass is 456 g/mol. The Kier molecular flexibility index (Phi) is 5.75. The standard InChI is InChI=1S/C22H28N6O5/c1-22(2,3)26(21(31)32)12-17-18-15(10-27(24-18)19(29)23-4)16-11-25(17)20(30)28(16)33-13-14-8-6-5-7-9-14/h5-10,16-17H,11-13H2,1-4H3,(H,23,29)(H,31,32)/t16-,17-/m1/s1. The normalized spacial score (nSPS) is 19.5. The molecule has 3 heterocycles. The quantitative estimate of drug-likeness (QED) is 0.714. The van der Waals surface area contributed by atoms with Crippen LogP contribution in [-0.4, -0.2) is 73.6 Å². The first-order valence-electron chi connectivity index (χ1n) is 10.7. The van der Waals surface area contributed by atoms with E-state index in [0.717, 1.165) is 5.56 Å². The first kappa shape index (κ1) is 22.6. The molecule has 2 aliphatic rings. The van der Waals surface area contributed by atoms with Gasteiger partial charge in [0, 0.05) is 24.3 Å². The van der Waals surface area contributed by atoms with Gasteiger partial charge in [0.05, 0.1) is 24.8 Å². The summed E-state index contributed by atoms with van der Waals surface area (Å²) in [5.41, 5.74) is 1.37. The van der Waals surface area contributed by atoms with Crippen LogP contribution in [-0.2, 0) is 11.4 Å². The van der Waals surface area contributed by atoms with Crippen LogP contribution >= 0.6 is 0 Å². The van der Waals surface area contributed by atoms with Crippen molar-refractivity contribution < 1.29 is 24.3 Å². The molecule has 2 aromatic rings. The van der Waals surface area contributed by atoms with Gasteiger partial charge >= 0.3 is 18.2 Å². The lowest BCUT2D eigenvalue weighted by atomic mass is 9.96. The number of hydroxylamine groups is 2. The third-order valence-corrected chi connectivity index (χ3v) is 5.94. The summed E-state index contributed by atoms with van der Waals surface area (Å²) >= 11 is 0. The van der Waals surface area contributed by atoms with E-state index in [0.29, 0.717) is 17.8 Å². The van der Waals surface area contributed by atoms with Crippen molar-refractivity contribution >= 4 is 18.2 Å². The number of aromatic nitrogens is 2. The van der Waals surface area contributed by atoms with Crippen LogP contribution in [0.4, 0.5) is 14.4 Å². The molecule has 11 nitrogen and oxygen atoms in total. The van der Waals surface area contributed by atoms with E-state index in [1.807, 2.05) is 30.3 Å². The fourth-order valence-electron chi connectivity index (χ4n) is 4.23. The summed E-state index contributed by atoms with van der Waals surface area (Å²) in [7, 11) is 1.50. The van der Waals surface area contributed by atoms with E-state index < -0.39 is 29.7 Å². The molecule has 0 spiro atoms. The minimum atomic E-state index is -1.10. The van der Waals surface area contributed by atoms with Gasteiger partial charge in [-0.15, -0.1) is 0 Å². The number of hydrogen-bond donors (Lipinski definition) is 2. The van der Waals surface area contributed by atoms with Gasteiger partial charge in [-0.1, -0.05) is 30.3 Å². The molecule has 2 N–H and O–H groups in total. The molecule has 0 aliphatic carbocycles. The van der Waals surface area contributed by atoms with Crippen LogP contribution in [0.5, 0.6) is 0 Å². The van der Waals surface area contributed by atoms with Crippen LogP contribution in [0.15, 0.2) is 36.5 Å². The summed E-state index contributed by atoms with van der Waals surface area (Å²) in [6.07, 6.45) is 0.490. The summed E-state index contributed by atoms with van der Waals surface area (Å²) in [5, 5.41) is 18.1. The number of carbonyl (C=O) groups is 3. The highest BCUT2D eigenvalue weighted by molar-refractivity contribution is 5.79. The van der Waals surface area contributed by atoms with Crippen LogP contribution in [0.25, 0.3) is 0 Å². The lowest BCUT2D eigenvalue weighted by molar-refractivity contribution is -0.141. The second kappa shape index (κ2) is 8.39. The van der Waals surface area contributed by atoms with Crippen LogP contribution in [0.1, 0.15) is 49.7 Å². The van der Waals surface area contributed by atoms with E-state index in [4.69, 9.17) is 4.84 Å². The molecule has 4 amide bonds. The summed E-state index contributed by atoms with van der Waals surface area (Å²) in [6.45, 7) is 5.89. The third kappa shape index (κ3) is 4.11. The van der Waals surface area contributed by atoms with Crippen molar-refractivity contribution in [2.45, 2.75) is 45.0 Å². The van der Waals surface area contributed by atoms with Gasteiger partial charge in [-0.05, 0) is 26.3 Å². The maximum absolute atomic E-state index is 13.3. The smallest absolute Gasteiger partial charge is 0.407 e. The Morgan fingerprint density at radius 3 is 2.58 bits per heavy atom. The van der Waals surface area contributed by atoms with E-state index in [9.17, 15) is 19.5 Å². The van der Waals surface area contributed by atoms with Gasteiger partial charge in [0.15, 0.2) is 0 Å². The fourth-order valence-corrected chi connectivity index (χ4v) is 4.23. The average Bonchev–Trinajstić information content (AvgIpc) is 3.33. The predicted octanol–water partition coefficient (Wildman–Crippen LogP) is 2.81. The number of carbonyl (C=O) groups excluding carboxylic acids is 2. The number of amides is 4. The Bertz CT molecular complexity index is 1060. The lowest BCUT2D eigenvalue weighted by Crippen LogP contribution is -2.50. The Hall–Kier alpha value is -3.60. The van der Waals surface area contributed by atoms with Crippen molar-refractivity contribution in [3.8, 4) is 0 Å². The fraction of sp³-hybridized carbons (Fsp3) is 0.455. The molecular formula is C22H28N6O5. The van der Waals surface area contributed by atoms with Gasteiger partial charge in [0.2, 0.25) is 0 Å². The van der Waals surface area contributed by atoms with Gasteiger partial charge in [0.25, 0.3) is 0 Å². The molecule has 1 fully saturated rings. The van der Waals surface area contributed by atoms with Crippen molar-refractivity contribution in [3.05, 3.63) is 53.3 Å². The van der Waals surface area contributed by atoms with Crippen molar-refractivity contribution in [1.82, 2.24) is 30.0 Å². The Morgan fingerprint density at radius 1 is 1.27 bits per heavy atom. The average molecular weight is 457 g/mol. The number of nitrogens with one attached hydrogen (secondary N) is 1. The number of carboxylic acid groups (broad SMARTS) is 1. The Balaban J connectivity index is 1.69. The predicted molar refractivity (Wildman–Crippen MR) is 117 cm³/mol. The zero-order valence-corrected chi connectivity index (χ0v) is 19.1. The van der Waals surface area contributed by atoms with Crippen LogP contribution < -0.4 is 5.32 Å². The maximum atomic E-state index is 13.3. The maximum Gasteiger partial charge on any atom is 0.407 e. The Labute approximate surface area is 191 Å². The van der Waals surface area contributed by atoms with Crippen molar-refractivity contribution in [2.75, 3.05) is 20.1 Å². The van der Waals surface area contributed by atoms with Crippen molar-refractivity contribution in [2.24, 2.45) is 0 Å². The summed E-state index contributed by atoms with van der Waals surface area (Å²) in [4.78, 5) is 46.3. The molecule has 2 atom stereocenters. The first-order chi connectivity index (χ1) is 15.6. The van der Waals surface area contributed by atoms with Crippen LogP contribution in [0, 0.1) is 0 Å². The molecular weight excluding hydrogens is 428 g/mol. The van der Waals surface area contributed by atoms with Gasteiger partial charge in [-0.25, -0.2) is 14.4 Å². The molecule has 176 valence electrons. The molecule has 2 aliphatic heterocycles. The third-order valence-electron chi connectivity index (χ3n) is 5.94. The van der Waals surface area contributed by atoms with Gasteiger partial charge < -0.3 is 20.2 Å². The molecule has 1 aromatic heterocycles. The lowest BCUT2D eigenvalue weighted by Gasteiger charge is -2.38. The molecule has 0 saturated carbocycles. The Morgan fingerprint density at radius 2 is 1.97 bits per heavy atom. The van der Waals surface area contributed by atoms with E-state index in [2.05, 4.69) is 10.4 Å². The molecule has 1 saturated heterocycles. The topological polar surface area (TPSA) is 120 Å². The van der Waals surface area contributed by atoms with Crippen LogP contribution in [0.3, 0.4) is 0 Å². The molecule has 33 heavy (non-hydrogen) atoms. The molecule has 0 unspecified atom stereocenters. The number of hydrogen-bond acceptors (Lipinski definition) is 5. The minimum absolute atomic E-state index is 0.0155. The zero-order valence-electron chi connectivity index (χ0n) is 19.1. The summed E-state index contributed by atoms with van der Waals surface area (Å²) < 4.78 is 1.18. The van der Waals surface area contributed by atoms with Crippen molar-refractivity contribution in [3.63, 3.8) is 0 Å². The number of benzene rings is 1. The van der Waals surface area contributed by atoms with Gasteiger partial charge in [-0.3, -0.25) is 4.84 Å². The molecule has 2 bridgehead atoms. The highest BCUT2D eigenvalue weighted by atomic mass is 16.7. The largest absolute Gasteiger partial charge is 0.465 e. The van der Waals surface area contributed by atoms with E-state index in [1.165, 1.54) is 21.7 Å². The van der Waals surface area contributed by atoms with E-state index in [-0.39, 0.29) is 19.2 Å². The number of nitrogens with zero attached hydrogens (tertiary/aromatic N) is 5. The SMILES string of the molecule is CNC(=O)n1cc2c(n1)[C@@H](CN(C(=O)O)C(C)(C)C)N1C[C@H]2N(OCc2ccccc2)C1=O. The van der Waals surface area contributed by atoms with Gasteiger partial charge in [-0.2, -0.15) is 14.8 Å². The summed E-state index contributed by atoms with van der Waals surface area (Å²) in [6, 6.07) is 7.58. The molecule has 1 aromatic carbocycles. The highest BCUT2D eigenvalue weighted by Gasteiger charge is 2.51. The zero-order chi connectivity index (χ0) is 23.9. The molecule has 4 rings (SSSR count). The van der Waals surface area contributed by atoms with E-state index >= 15 is 0 Å². The number of fused-ring (bicyclic) bond motifs is 4. The van der Waals surface area contributed by atoms with E-state index in [1.54, 1.807) is 31.9 Å². The summed E-state index contributed by atoms with van der Waals surface area (Å²) in [5.74, 6) is 0. The molecule has 0 radical (unpaired) electrons. The van der Waals surface area contributed by atoms with Crippen LogP contribution in [0.2, 0.25) is 0 Å².